The molecule has 1 aromatic rings. The third-order valence-electron chi connectivity index (χ3n) is 3.84. The number of halogens is 3. The molecule has 1 aromatic carbocycles. The first-order chi connectivity index (χ1) is 9.52. The molecular weight excluding hydrogens is 267 g/mol. The van der Waals surface area contributed by atoms with E-state index in [4.69, 9.17) is 4.74 Å². The molecule has 0 amide bonds. The van der Waals surface area contributed by atoms with Crippen LogP contribution in [0, 0.1) is 5.92 Å². The van der Waals surface area contributed by atoms with Gasteiger partial charge in [-0.05, 0) is 18.9 Å². The zero-order chi connectivity index (χ0) is 14.6. The van der Waals surface area contributed by atoms with E-state index in [1.54, 1.807) is 7.11 Å². The summed E-state index contributed by atoms with van der Waals surface area (Å²) < 4.78 is 44.3. The van der Waals surface area contributed by atoms with Crippen molar-refractivity contribution in [2.45, 2.75) is 44.5 Å². The van der Waals surface area contributed by atoms with Crippen LogP contribution < -0.4 is 5.32 Å². The van der Waals surface area contributed by atoms with Crippen molar-refractivity contribution in [1.82, 2.24) is 0 Å². The number of benzene rings is 1. The lowest BCUT2D eigenvalue weighted by Crippen LogP contribution is -2.41. The van der Waals surface area contributed by atoms with Crippen molar-refractivity contribution < 1.29 is 17.9 Å². The molecule has 0 heterocycles. The third kappa shape index (κ3) is 3.66. The molecule has 1 fully saturated rings. The molecule has 0 radical (unpaired) electrons. The molecule has 1 aliphatic carbocycles. The lowest BCUT2D eigenvalue weighted by atomic mass is 9.83. The minimum Gasteiger partial charge on any atom is -0.381 e. The second-order valence-electron chi connectivity index (χ2n) is 5.27. The summed E-state index contributed by atoms with van der Waals surface area (Å²) in [6.07, 6.45) is -1.86. The van der Waals surface area contributed by atoms with Gasteiger partial charge in [-0.1, -0.05) is 31.0 Å². The van der Waals surface area contributed by atoms with Crippen LogP contribution in [-0.2, 0) is 11.3 Å². The summed E-state index contributed by atoms with van der Waals surface area (Å²) in [4.78, 5) is 0. The third-order valence-corrected chi connectivity index (χ3v) is 3.84. The van der Waals surface area contributed by atoms with Gasteiger partial charge in [0, 0.05) is 24.4 Å². The highest BCUT2D eigenvalue weighted by Crippen LogP contribution is 2.39. The summed E-state index contributed by atoms with van der Waals surface area (Å²) in [7, 11) is 1.58. The summed E-state index contributed by atoms with van der Waals surface area (Å²) in [5, 5.41) is 3.09. The quantitative estimate of drug-likeness (QED) is 0.888. The number of anilines is 1. The molecule has 20 heavy (non-hydrogen) atoms. The Bertz CT molecular complexity index is 433. The van der Waals surface area contributed by atoms with Gasteiger partial charge in [0.1, 0.15) is 0 Å². The van der Waals surface area contributed by atoms with Crippen molar-refractivity contribution in [2.24, 2.45) is 5.92 Å². The van der Waals surface area contributed by atoms with Crippen molar-refractivity contribution >= 4 is 5.69 Å². The average Bonchev–Trinajstić information content (AvgIpc) is 2.41. The van der Waals surface area contributed by atoms with Gasteiger partial charge in [-0.15, -0.1) is 0 Å². The van der Waals surface area contributed by atoms with Crippen LogP contribution in [0.3, 0.4) is 0 Å². The summed E-state index contributed by atoms with van der Waals surface area (Å²) in [6, 6.07) is 6.84. The van der Waals surface area contributed by atoms with E-state index in [2.05, 4.69) is 5.32 Å². The number of hydrogen-bond acceptors (Lipinski definition) is 2. The highest BCUT2D eigenvalue weighted by atomic mass is 19.4. The van der Waals surface area contributed by atoms with E-state index in [-0.39, 0.29) is 6.42 Å². The Morgan fingerprint density at radius 3 is 2.60 bits per heavy atom. The monoisotopic (exact) mass is 287 g/mol. The van der Waals surface area contributed by atoms with Crippen LogP contribution in [0.4, 0.5) is 18.9 Å². The smallest absolute Gasteiger partial charge is 0.381 e. The van der Waals surface area contributed by atoms with Gasteiger partial charge >= 0.3 is 6.18 Å². The second kappa shape index (κ2) is 6.48. The number of hydrogen-bond donors (Lipinski definition) is 1. The molecule has 2 unspecified atom stereocenters. The minimum absolute atomic E-state index is 0.216. The summed E-state index contributed by atoms with van der Waals surface area (Å²) in [6.45, 7) is 0.395. The molecule has 0 aliphatic heterocycles. The first-order valence-corrected chi connectivity index (χ1v) is 6.92. The first-order valence-electron chi connectivity index (χ1n) is 6.92. The molecule has 1 aliphatic rings. The minimum atomic E-state index is -4.13. The van der Waals surface area contributed by atoms with Gasteiger partial charge in [-0.25, -0.2) is 0 Å². The summed E-state index contributed by atoms with van der Waals surface area (Å²) in [5.41, 5.74) is 1.64. The largest absolute Gasteiger partial charge is 0.393 e. The molecule has 1 N–H and O–H groups in total. The van der Waals surface area contributed by atoms with E-state index in [9.17, 15) is 13.2 Å². The molecule has 0 aromatic heterocycles. The number of ether oxygens (including phenoxy) is 1. The fraction of sp³-hybridized carbons (Fsp3) is 0.600. The van der Waals surface area contributed by atoms with Crippen molar-refractivity contribution in [2.75, 3.05) is 12.4 Å². The van der Waals surface area contributed by atoms with Gasteiger partial charge in [-0.2, -0.15) is 13.2 Å². The van der Waals surface area contributed by atoms with E-state index < -0.39 is 18.1 Å². The molecule has 0 spiro atoms. The van der Waals surface area contributed by atoms with Crippen LogP contribution in [0.15, 0.2) is 24.3 Å². The van der Waals surface area contributed by atoms with Gasteiger partial charge in [-0.3, -0.25) is 0 Å². The second-order valence-corrected chi connectivity index (χ2v) is 5.27. The van der Waals surface area contributed by atoms with Gasteiger partial charge in [0.05, 0.1) is 12.5 Å². The molecule has 112 valence electrons. The first kappa shape index (κ1) is 15.2. The Balaban J connectivity index is 2.15. The van der Waals surface area contributed by atoms with Gasteiger partial charge in [0.25, 0.3) is 0 Å². The van der Waals surface area contributed by atoms with E-state index >= 15 is 0 Å². The Hall–Kier alpha value is -1.23. The summed E-state index contributed by atoms with van der Waals surface area (Å²) in [5.74, 6) is -1.26. The van der Waals surface area contributed by atoms with Crippen LogP contribution in [0.25, 0.3) is 0 Å². The molecule has 0 saturated heterocycles. The maximum absolute atomic E-state index is 13.1. The zero-order valence-corrected chi connectivity index (χ0v) is 11.5. The van der Waals surface area contributed by atoms with Crippen LogP contribution in [0.2, 0.25) is 0 Å². The van der Waals surface area contributed by atoms with Crippen molar-refractivity contribution in [3.8, 4) is 0 Å². The van der Waals surface area contributed by atoms with Gasteiger partial charge in [0.2, 0.25) is 0 Å². The normalized spacial score (nSPS) is 23.6. The van der Waals surface area contributed by atoms with Gasteiger partial charge < -0.3 is 10.1 Å². The predicted octanol–water partition coefficient (Wildman–Crippen LogP) is 4.37. The Labute approximate surface area is 117 Å². The van der Waals surface area contributed by atoms with E-state index in [0.717, 1.165) is 17.7 Å². The molecule has 2 atom stereocenters. The van der Waals surface area contributed by atoms with E-state index in [1.807, 2.05) is 24.3 Å². The van der Waals surface area contributed by atoms with E-state index in [0.29, 0.717) is 19.4 Å². The topological polar surface area (TPSA) is 21.3 Å². The lowest BCUT2D eigenvalue weighted by Gasteiger charge is -2.34. The predicted molar refractivity (Wildman–Crippen MR) is 72.6 cm³/mol. The number of alkyl halides is 3. The highest BCUT2D eigenvalue weighted by molar-refractivity contribution is 5.51. The SMILES string of the molecule is COCc1ccccc1NC1CCCCC1C(F)(F)F. The average molecular weight is 287 g/mol. The van der Waals surface area contributed by atoms with Crippen molar-refractivity contribution in [3.63, 3.8) is 0 Å². The number of rotatable bonds is 4. The number of methoxy groups -OCH3 is 1. The maximum Gasteiger partial charge on any atom is 0.393 e. The maximum atomic E-state index is 13.1. The lowest BCUT2D eigenvalue weighted by molar-refractivity contribution is -0.184. The van der Waals surface area contributed by atoms with Crippen LogP contribution in [0.5, 0.6) is 0 Å². The Morgan fingerprint density at radius 2 is 1.90 bits per heavy atom. The van der Waals surface area contributed by atoms with Crippen LogP contribution in [-0.4, -0.2) is 19.3 Å². The fourth-order valence-electron chi connectivity index (χ4n) is 2.84. The summed E-state index contributed by atoms with van der Waals surface area (Å²) >= 11 is 0. The number of nitrogens with one attached hydrogen (secondary N) is 1. The molecule has 2 rings (SSSR count). The molecule has 2 nitrogen and oxygen atoms in total. The molecule has 5 heteroatoms. The fourth-order valence-corrected chi connectivity index (χ4v) is 2.84. The van der Waals surface area contributed by atoms with Crippen LogP contribution >= 0.6 is 0 Å². The molecule has 1 saturated carbocycles. The molecule has 0 bridgehead atoms. The molecular formula is C15H20F3NO. The Kier molecular flexibility index (Phi) is 4.91. The van der Waals surface area contributed by atoms with E-state index in [1.165, 1.54) is 0 Å². The highest BCUT2D eigenvalue weighted by Gasteiger charge is 2.45. The van der Waals surface area contributed by atoms with Crippen molar-refractivity contribution in [3.05, 3.63) is 29.8 Å². The Morgan fingerprint density at radius 1 is 1.20 bits per heavy atom. The van der Waals surface area contributed by atoms with Gasteiger partial charge in [0.15, 0.2) is 0 Å². The standard InChI is InChI=1S/C15H20F3NO/c1-20-10-11-6-2-4-8-13(11)19-14-9-5-3-7-12(14)15(16,17)18/h2,4,6,8,12,14,19H,3,5,7,9-10H2,1H3. The zero-order valence-electron chi connectivity index (χ0n) is 11.5. The van der Waals surface area contributed by atoms with Crippen LogP contribution in [0.1, 0.15) is 31.2 Å². The number of para-hydroxylation sites is 1. The van der Waals surface area contributed by atoms with Crippen molar-refractivity contribution in [1.29, 1.82) is 0 Å².